The summed E-state index contributed by atoms with van der Waals surface area (Å²) in [6.45, 7) is 2.77. The molecule has 0 unspecified atom stereocenters. The second-order valence-electron chi connectivity index (χ2n) is 4.73. The summed E-state index contributed by atoms with van der Waals surface area (Å²) in [5, 5.41) is 3.62. The Morgan fingerprint density at radius 3 is 2.35 bits per heavy atom. The van der Waals surface area contributed by atoms with Crippen molar-refractivity contribution in [2.45, 2.75) is 19.3 Å². The maximum Gasteiger partial charge on any atom is 0.251 e. The van der Waals surface area contributed by atoms with E-state index < -0.39 is 0 Å². The van der Waals surface area contributed by atoms with E-state index in [2.05, 4.69) is 24.4 Å². The van der Waals surface area contributed by atoms with E-state index >= 15 is 0 Å². The minimum atomic E-state index is -0.0592. The van der Waals surface area contributed by atoms with E-state index in [0.29, 0.717) is 23.0 Å². The van der Waals surface area contributed by atoms with E-state index in [1.54, 1.807) is 24.3 Å². The van der Waals surface area contributed by atoms with E-state index in [0.717, 1.165) is 6.42 Å². The van der Waals surface area contributed by atoms with Gasteiger partial charge in [0.25, 0.3) is 5.91 Å². The monoisotopic (exact) mass is 287 g/mol. The Morgan fingerprint density at radius 1 is 1.10 bits per heavy atom. The maximum atomic E-state index is 12.1. The summed E-state index contributed by atoms with van der Waals surface area (Å²) >= 11 is 5.81. The van der Waals surface area contributed by atoms with Crippen LogP contribution in [0.4, 0.5) is 0 Å². The van der Waals surface area contributed by atoms with Crippen molar-refractivity contribution < 1.29 is 4.79 Å². The molecule has 0 saturated carbocycles. The predicted octanol–water partition coefficient (Wildman–Crippen LogP) is 4.26. The van der Waals surface area contributed by atoms with Gasteiger partial charge in [0.05, 0.1) is 0 Å². The smallest absolute Gasteiger partial charge is 0.251 e. The molecule has 0 bridgehead atoms. The standard InChI is InChI=1S/C17H18ClNO/c1-2-13(14-6-4-3-5-7-14)12-19-17(20)15-8-10-16(18)11-9-15/h3-11,13H,2,12H2,1H3,(H,19,20)/t13-/m0/s1. The lowest BCUT2D eigenvalue weighted by Crippen LogP contribution is -2.28. The molecule has 2 aromatic rings. The third-order valence-electron chi connectivity index (χ3n) is 3.38. The third kappa shape index (κ3) is 3.84. The highest BCUT2D eigenvalue weighted by Gasteiger charge is 2.11. The fourth-order valence-corrected chi connectivity index (χ4v) is 2.27. The summed E-state index contributed by atoms with van der Waals surface area (Å²) in [4.78, 5) is 12.1. The van der Waals surface area contributed by atoms with Crippen LogP contribution < -0.4 is 5.32 Å². The molecule has 3 heteroatoms. The van der Waals surface area contributed by atoms with Crippen LogP contribution in [-0.4, -0.2) is 12.5 Å². The van der Waals surface area contributed by atoms with E-state index in [1.165, 1.54) is 5.56 Å². The largest absolute Gasteiger partial charge is 0.351 e. The van der Waals surface area contributed by atoms with Crippen molar-refractivity contribution in [3.05, 3.63) is 70.7 Å². The van der Waals surface area contributed by atoms with Gasteiger partial charge >= 0.3 is 0 Å². The molecule has 0 heterocycles. The van der Waals surface area contributed by atoms with Gasteiger partial charge in [0.2, 0.25) is 0 Å². The van der Waals surface area contributed by atoms with Crippen LogP contribution in [0.1, 0.15) is 35.2 Å². The van der Waals surface area contributed by atoms with Crippen LogP contribution in [0.2, 0.25) is 5.02 Å². The number of hydrogen-bond donors (Lipinski definition) is 1. The number of halogens is 1. The Balaban J connectivity index is 1.96. The Labute approximate surface area is 124 Å². The van der Waals surface area contributed by atoms with E-state index in [1.807, 2.05) is 18.2 Å². The van der Waals surface area contributed by atoms with Crippen molar-refractivity contribution in [1.82, 2.24) is 5.32 Å². The molecule has 1 N–H and O–H groups in total. The minimum absolute atomic E-state index is 0.0592. The predicted molar refractivity (Wildman–Crippen MR) is 83.3 cm³/mol. The zero-order valence-electron chi connectivity index (χ0n) is 11.5. The Hall–Kier alpha value is -1.80. The van der Waals surface area contributed by atoms with Crippen molar-refractivity contribution in [2.75, 3.05) is 6.54 Å². The van der Waals surface area contributed by atoms with E-state index in [4.69, 9.17) is 11.6 Å². The van der Waals surface area contributed by atoms with Crippen LogP contribution in [0.3, 0.4) is 0 Å². The third-order valence-corrected chi connectivity index (χ3v) is 3.63. The Morgan fingerprint density at radius 2 is 1.75 bits per heavy atom. The highest BCUT2D eigenvalue weighted by atomic mass is 35.5. The van der Waals surface area contributed by atoms with Gasteiger partial charge in [-0.25, -0.2) is 0 Å². The lowest BCUT2D eigenvalue weighted by Gasteiger charge is -2.16. The van der Waals surface area contributed by atoms with Crippen LogP contribution in [0.15, 0.2) is 54.6 Å². The molecule has 0 saturated heterocycles. The van der Waals surface area contributed by atoms with Gasteiger partial charge in [0.1, 0.15) is 0 Å². The summed E-state index contributed by atoms with van der Waals surface area (Å²) < 4.78 is 0. The molecule has 2 aromatic carbocycles. The first-order valence-corrected chi connectivity index (χ1v) is 7.17. The average molecular weight is 288 g/mol. The molecule has 0 spiro atoms. The van der Waals surface area contributed by atoms with Gasteiger partial charge in [0.15, 0.2) is 0 Å². The Kier molecular flexibility index (Phi) is 5.19. The second kappa shape index (κ2) is 7.11. The fourth-order valence-electron chi connectivity index (χ4n) is 2.14. The summed E-state index contributed by atoms with van der Waals surface area (Å²) in [5.41, 5.74) is 1.89. The molecule has 0 fully saturated rings. The van der Waals surface area contributed by atoms with Gasteiger partial charge in [-0.1, -0.05) is 48.9 Å². The molecule has 0 aliphatic rings. The van der Waals surface area contributed by atoms with E-state index in [-0.39, 0.29) is 5.91 Å². The fraction of sp³-hybridized carbons (Fsp3) is 0.235. The summed E-state index contributed by atoms with van der Waals surface area (Å²) in [7, 11) is 0. The van der Waals surface area contributed by atoms with E-state index in [9.17, 15) is 4.79 Å². The number of hydrogen-bond acceptors (Lipinski definition) is 1. The first kappa shape index (κ1) is 14.6. The van der Waals surface area contributed by atoms with Gasteiger partial charge in [0, 0.05) is 23.0 Å². The van der Waals surface area contributed by atoms with Crippen LogP contribution in [0.5, 0.6) is 0 Å². The van der Waals surface area contributed by atoms with Crippen molar-refractivity contribution in [2.24, 2.45) is 0 Å². The molecular formula is C17H18ClNO. The van der Waals surface area contributed by atoms with Crippen molar-refractivity contribution in [1.29, 1.82) is 0 Å². The highest BCUT2D eigenvalue weighted by Crippen LogP contribution is 2.18. The molecule has 104 valence electrons. The molecule has 2 nitrogen and oxygen atoms in total. The van der Waals surface area contributed by atoms with Gasteiger partial charge < -0.3 is 5.32 Å². The number of carbonyl (C=O) groups is 1. The van der Waals surface area contributed by atoms with Crippen molar-refractivity contribution in [3.8, 4) is 0 Å². The van der Waals surface area contributed by atoms with Gasteiger partial charge in [-0.2, -0.15) is 0 Å². The number of rotatable bonds is 5. The molecule has 1 amide bonds. The topological polar surface area (TPSA) is 29.1 Å². The number of carbonyl (C=O) groups excluding carboxylic acids is 1. The molecule has 20 heavy (non-hydrogen) atoms. The van der Waals surface area contributed by atoms with Gasteiger partial charge in [-0.3, -0.25) is 4.79 Å². The molecular weight excluding hydrogens is 270 g/mol. The van der Waals surface area contributed by atoms with Crippen LogP contribution >= 0.6 is 11.6 Å². The van der Waals surface area contributed by atoms with Gasteiger partial charge in [-0.05, 0) is 36.2 Å². The SMILES string of the molecule is CC[C@@H](CNC(=O)c1ccc(Cl)cc1)c1ccccc1. The number of nitrogens with one attached hydrogen (secondary N) is 1. The molecule has 0 aliphatic heterocycles. The Bertz CT molecular complexity index is 551. The lowest BCUT2D eigenvalue weighted by atomic mass is 9.96. The lowest BCUT2D eigenvalue weighted by molar-refractivity contribution is 0.0951. The van der Waals surface area contributed by atoms with Crippen LogP contribution in [0.25, 0.3) is 0 Å². The van der Waals surface area contributed by atoms with Crippen LogP contribution in [-0.2, 0) is 0 Å². The zero-order valence-corrected chi connectivity index (χ0v) is 12.2. The van der Waals surface area contributed by atoms with Crippen molar-refractivity contribution in [3.63, 3.8) is 0 Å². The summed E-state index contributed by atoms with van der Waals surface area (Å²) in [6.07, 6.45) is 0.991. The molecule has 2 rings (SSSR count). The molecule has 0 aromatic heterocycles. The zero-order chi connectivity index (χ0) is 14.4. The maximum absolute atomic E-state index is 12.1. The average Bonchev–Trinajstić information content (AvgIpc) is 2.49. The normalized spacial score (nSPS) is 11.9. The molecule has 0 aliphatic carbocycles. The summed E-state index contributed by atoms with van der Waals surface area (Å²) in [5.74, 6) is 0.281. The van der Waals surface area contributed by atoms with Crippen LogP contribution in [0, 0.1) is 0 Å². The molecule has 0 radical (unpaired) electrons. The summed E-state index contributed by atoms with van der Waals surface area (Å²) in [6, 6.07) is 17.2. The highest BCUT2D eigenvalue weighted by molar-refractivity contribution is 6.30. The van der Waals surface area contributed by atoms with Crippen molar-refractivity contribution >= 4 is 17.5 Å². The second-order valence-corrected chi connectivity index (χ2v) is 5.17. The first-order chi connectivity index (χ1) is 9.70. The first-order valence-electron chi connectivity index (χ1n) is 6.79. The number of amides is 1. The number of benzene rings is 2. The quantitative estimate of drug-likeness (QED) is 0.874. The minimum Gasteiger partial charge on any atom is -0.351 e. The molecule has 1 atom stereocenters. The van der Waals surface area contributed by atoms with Gasteiger partial charge in [-0.15, -0.1) is 0 Å².